The minimum absolute atomic E-state index is 0.145. The lowest BCUT2D eigenvalue weighted by atomic mass is 10.3. The Bertz CT molecular complexity index is 327. The van der Waals surface area contributed by atoms with Gasteiger partial charge in [-0.2, -0.15) is 5.10 Å². The summed E-state index contributed by atoms with van der Waals surface area (Å²) in [7, 11) is 1.83. The number of nitrogens with zero attached hydrogens (tertiary/aromatic N) is 3. The van der Waals surface area contributed by atoms with Gasteiger partial charge in [0.2, 0.25) is 0 Å². The molecule has 0 fully saturated rings. The third-order valence-electron chi connectivity index (χ3n) is 1.74. The summed E-state index contributed by atoms with van der Waals surface area (Å²) in [6.07, 6.45) is 1.89. The van der Waals surface area contributed by atoms with Gasteiger partial charge in [-0.15, -0.1) is 0 Å². The van der Waals surface area contributed by atoms with Crippen molar-refractivity contribution in [2.24, 2.45) is 7.05 Å². The molecule has 1 aromatic rings. The van der Waals surface area contributed by atoms with Crippen LogP contribution in [-0.4, -0.2) is 32.6 Å². The van der Waals surface area contributed by atoms with Crippen molar-refractivity contribution in [2.75, 3.05) is 6.61 Å². The van der Waals surface area contributed by atoms with Gasteiger partial charge in [0.25, 0.3) is 0 Å². The highest BCUT2D eigenvalue weighted by atomic mass is 32.2. The molecule has 0 aliphatic heterocycles. The summed E-state index contributed by atoms with van der Waals surface area (Å²) in [5.41, 5.74) is 0. The predicted octanol–water partition coefficient (Wildman–Crippen LogP) is 1.25. The third-order valence-corrected chi connectivity index (χ3v) is 2.89. The largest absolute Gasteiger partial charge is 0.466 e. The SMILES string of the molecule is CCOC(=O)CC(C)Sc1ncnn1C. The highest BCUT2D eigenvalue weighted by molar-refractivity contribution is 7.99. The second-order valence-electron chi connectivity index (χ2n) is 3.10. The van der Waals surface area contributed by atoms with Crippen molar-refractivity contribution < 1.29 is 9.53 Å². The van der Waals surface area contributed by atoms with E-state index in [0.29, 0.717) is 13.0 Å². The van der Waals surface area contributed by atoms with Crippen molar-refractivity contribution in [1.29, 1.82) is 0 Å². The molecule has 0 saturated heterocycles. The van der Waals surface area contributed by atoms with Crippen LogP contribution < -0.4 is 0 Å². The molecule has 0 amide bonds. The summed E-state index contributed by atoms with van der Waals surface area (Å²) >= 11 is 1.52. The van der Waals surface area contributed by atoms with E-state index in [-0.39, 0.29) is 11.2 Å². The lowest BCUT2D eigenvalue weighted by Gasteiger charge is -2.08. The van der Waals surface area contributed by atoms with Crippen LogP contribution in [0.5, 0.6) is 0 Å². The van der Waals surface area contributed by atoms with Crippen molar-refractivity contribution in [3.63, 3.8) is 0 Å². The third kappa shape index (κ3) is 3.91. The van der Waals surface area contributed by atoms with Crippen molar-refractivity contribution in [3.8, 4) is 0 Å². The van der Waals surface area contributed by atoms with Gasteiger partial charge in [-0.25, -0.2) is 9.67 Å². The Morgan fingerprint density at radius 2 is 2.47 bits per heavy atom. The topological polar surface area (TPSA) is 57.0 Å². The van der Waals surface area contributed by atoms with Crippen LogP contribution in [0.15, 0.2) is 11.5 Å². The van der Waals surface area contributed by atoms with E-state index < -0.39 is 0 Å². The fourth-order valence-electron chi connectivity index (χ4n) is 1.07. The fourth-order valence-corrected chi connectivity index (χ4v) is 1.96. The van der Waals surface area contributed by atoms with Gasteiger partial charge >= 0.3 is 5.97 Å². The summed E-state index contributed by atoms with van der Waals surface area (Å²) in [5, 5.41) is 4.91. The summed E-state index contributed by atoms with van der Waals surface area (Å²) < 4.78 is 6.55. The number of ether oxygens (including phenoxy) is 1. The average Bonchev–Trinajstić information content (AvgIpc) is 2.52. The van der Waals surface area contributed by atoms with Crippen LogP contribution in [0, 0.1) is 0 Å². The summed E-state index contributed by atoms with van der Waals surface area (Å²) in [4.78, 5) is 15.3. The first-order valence-corrected chi connectivity index (χ1v) is 5.67. The zero-order valence-corrected chi connectivity index (χ0v) is 9.95. The fraction of sp³-hybridized carbons (Fsp3) is 0.667. The molecule has 1 unspecified atom stereocenters. The average molecular weight is 229 g/mol. The molecule has 0 N–H and O–H groups in total. The number of thioether (sulfide) groups is 1. The van der Waals surface area contributed by atoms with E-state index in [1.807, 2.05) is 14.0 Å². The van der Waals surface area contributed by atoms with Crippen LogP contribution in [0.4, 0.5) is 0 Å². The molecule has 0 radical (unpaired) electrons. The number of carbonyl (C=O) groups excluding carboxylic acids is 1. The van der Waals surface area contributed by atoms with Gasteiger partial charge in [0.05, 0.1) is 13.0 Å². The van der Waals surface area contributed by atoms with E-state index in [1.165, 1.54) is 18.1 Å². The molecule has 1 aromatic heterocycles. The van der Waals surface area contributed by atoms with Gasteiger partial charge in [-0.05, 0) is 6.92 Å². The monoisotopic (exact) mass is 229 g/mol. The Morgan fingerprint density at radius 3 is 3.00 bits per heavy atom. The normalized spacial score (nSPS) is 12.5. The highest BCUT2D eigenvalue weighted by Crippen LogP contribution is 2.22. The van der Waals surface area contributed by atoms with Crippen LogP contribution in [0.2, 0.25) is 0 Å². The first-order chi connectivity index (χ1) is 7.13. The maximum Gasteiger partial charge on any atom is 0.306 e. The molecule has 1 atom stereocenters. The Hall–Kier alpha value is -1.04. The van der Waals surface area contributed by atoms with Crippen LogP contribution in [0.3, 0.4) is 0 Å². The zero-order chi connectivity index (χ0) is 11.3. The van der Waals surface area contributed by atoms with E-state index in [2.05, 4.69) is 10.1 Å². The van der Waals surface area contributed by atoms with Gasteiger partial charge in [0, 0.05) is 12.3 Å². The lowest BCUT2D eigenvalue weighted by molar-refractivity contribution is -0.142. The van der Waals surface area contributed by atoms with Gasteiger partial charge in [-0.3, -0.25) is 4.79 Å². The molecular weight excluding hydrogens is 214 g/mol. The molecule has 15 heavy (non-hydrogen) atoms. The van der Waals surface area contributed by atoms with Crippen molar-refractivity contribution >= 4 is 17.7 Å². The summed E-state index contributed by atoms with van der Waals surface area (Å²) in [6, 6.07) is 0. The van der Waals surface area contributed by atoms with E-state index in [4.69, 9.17) is 4.74 Å². The quantitative estimate of drug-likeness (QED) is 0.562. The van der Waals surface area contributed by atoms with E-state index in [1.54, 1.807) is 11.6 Å². The Morgan fingerprint density at radius 1 is 1.73 bits per heavy atom. The Labute approximate surface area is 93.2 Å². The van der Waals surface area contributed by atoms with Crippen molar-refractivity contribution in [3.05, 3.63) is 6.33 Å². The molecule has 5 nitrogen and oxygen atoms in total. The van der Waals surface area contributed by atoms with E-state index in [0.717, 1.165) is 5.16 Å². The maximum absolute atomic E-state index is 11.2. The predicted molar refractivity (Wildman–Crippen MR) is 57.6 cm³/mol. The van der Waals surface area contributed by atoms with Crippen LogP contribution in [-0.2, 0) is 16.6 Å². The van der Waals surface area contributed by atoms with Gasteiger partial charge in [-0.1, -0.05) is 18.7 Å². The van der Waals surface area contributed by atoms with Gasteiger partial charge < -0.3 is 4.74 Å². The van der Waals surface area contributed by atoms with Gasteiger partial charge in [0.1, 0.15) is 6.33 Å². The molecule has 6 heteroatoms. The molecule has 0 bridgehead atoms. The van der Waals surface area contributed by atoms with Crippen LogP contribution in [0.1, 0.15) is 20.3 Å². The molecule has 0 saturated carbocycles. The molecule has 1 rings (SSSR count). The molecule has 0 aromatic carbocycles. The second-order valence-corrected chi connectivity index (χ2v) is 4.51. The minimum atomic E-state index is -0.167. The Balaban J connectivity index is 2.39. The first-order valence-electron chi connectivity index (χ1n) is 4.79. The molecular formula is C9H15N3O2S. The zero-order valence-electron chi connectivity index (χ0n) is 9.14. The molecule has 0 aliphatic rings. The van der Waals surface area contributed by atoms with Crippen LogP contribution >= 0.6 is 11.8 Å². The Kier molecular flexibility index (Phi) is 4.61. The van der Waals surface area contributed by atoms with Crippen molar-refractivity contribution in [1.82, 2.24) is 14.8 Å². The van der Waals surface area contributed by atoms with Crippen LogP contribution in [0.25, 0.3) is 0 Å². The van der Waals surface area contributed by atoms with Gasteiger partial charge in [0.15, 0.2) is 5.16 Å². The summed E-state index contributed by atoms with van der Waals surface area (Å²) in [5.74, 6) is -0.167. The smallest absolute Gasteiger partial charge is 0.306 e. The number of esters is 1. The second kappa shape index (κ2) is 5.75. The minimum Gasteiger partial charge on any atom is -0.466 e. The highest BCUT2D eigenvalue weighted by Gasteiger charge is 2.13. The van der Waals surface area contributed by atoms with E-state index in [9.17, 15) is 4.79 Å². The van der Waals surface area contributed by atoms with E-state index >= 15 is 0 Å². The molecule has 0 aliphatic carbocycles. The number of carbonyl (C=O) groups is 1. The summed E-state index contributed by atoms with van der Waals surface area (Å²) in [6.45, 7) is 4.20. The number of hydrogen-bond acceptors (Lipinski definition) is 5. The molecule has 1 heterocycles. The first kappa shape index (κ1) is 12.0. The lowest BCUT2D eigenvalue weighted by Crippen LogP contribution is -2.11. The number of aryl methyl sites for hydroxylation is 1. The molecule has 0 spiro atoms. The number of hydrogen-bond donors (Lipinski definition) is 0. The maximum atomic E-state index is 11.2. The number of rotatable bonds is 5. The van der Waals surface area contributed by atoms with Crippen molar-refractivity contribution in [2.45, 2.75) is 30.7 Å². The number of aromatic nitrogens is 3. The standard InChI is InChI=1S/C9H15N3O2S/c1-4-14-8(13)5-7(2)15-9-10-6-11-12(9)3/h6-7H,4-5H2,1-3H3. The molecule has 84 valence electrons.